The Morgan fingerprint density at radius 3 is 2.63 bits per heavy atom. The topological polar surface area (TPSA) is 37.8 Å². The maximum Gasteiger partial charge on any atom is 0.159 e. The van der Waals surface area contributed by atoms with Crippen molar-refractivity contribution in [1.82, 2.24) is 15.3 Å². The first-order chi connectivity index (χ1) is 9.31. The van der Waals surface area contributed by atoms with Crippen molar-refractivity contribution >= 4 is 11.8 Å². The van der Waals surface area contributed by atoms with Crippen LogP contribution in [-0.4, -0.2) is 16.2 Å². The third-order valence-corrected chi connectivity index (χ3v) is 4.20. The highest BCUT2D eigenvalue weighted by Gasteiger charge is 2.18. The molecule has 0 bridgehead atoms. The molecule has 1 aliphatic heterocycles. The molecule has 1 aliphatic rings. The van der Waals surface area contributed by atoms with Gasteiger partial charge in [-0.1, -0.05) is 19.1 Å². The zero-order valence-electron chi connectivity index (χ0n) is 11.2. The number of fused-ring (bicyclic) bond motifs is 1. The van der Waals surface area contributed by atoms with Crippen LogP contribution in [0.5, 0.6) is 0 Å². The zero-order chi connectivity index (χ0) is 13.2. The van der Waals surface area contributed by atoms with E-state index in [0.29, 0.717) is 0 Å². The summed E-state index contributed by atoms with van der Waals surface area (Å²) in [7, 11) is 0. The monoisotopic (exact) mass is 271 g/mol. The third-order valence-electron chi connectivity index (χ3n) is 3.46. The number of aromatic nitrogens is 2. The fraction of sp³-hybridized carbons (Fsp3) is 0.333. The Morgan fingerprint density at radius 2 is 1.95 bits per heavy atom. The molecule has 4 heteroatoms. The van der Waals surface area contributed by atoms with Crippen LogP contribution >= 0.6 is 11.8 Å². The van der Waals surface area contributed by atoms with E-state index in [-0.39, 0.29) is 0 Å². The van der Waals surface area contributed by atoms with Gasteiger partial charge in [0.25, 0.3) is 0 Å². The fourth-order valence-corrected chi connectivity index (χ4v) is 2.81. The second-order valence-corrected chi connectivity index (χ2v) is 5.48. The molecule has 0 radical (unpaired) electrons. The van der Waals surface area contributed by atoms with E-state index in [0.717, 1.165) is 36.6 Å². The van der Waals surface area contributed by atoms with Gasteiger partial charge in [0.15, 0.2) is 5.82 Å². The first kappa shape index (κ1) is 12.6. The molecule has 0 fully saturated rings. The lowest BCUT2D eigenvalue weighted by molar-refractivity contribution is 0.755. The summed E-state index contributed by atoms with van der Waals surface area (Å²) in [6, 6.07) is 8.46. The van der Waals surface area contributed by atoms with E-state index >= 15 is 0 Å². The molecule has 19 heavy (non-hydrogen) atoms. The van der Waals surface area contributed by atoms with Crippen LogP contribution in [0.25, 0.3) is 11.4 Å². The molecule has 0 saturated heterocycles. The van der Waals surface area contributed by atoms with Crippen LogP contribution in [0.1, 0.15) is 23.9 Å². The van der Waals surface area contributed by atoms with Crippen molar-refractivity contribution in [2.24, 2.45) is 0 Å². The van der Waals surface area contributed by atoms with E-state index in [2.05, 4.69) is 42.8 Å². The van der Waals surface area contributed by atoms with Crippen molar-refractivity contribution in [3.8, 4) is 11.4 Å². The highest BCUT2D eigenvalue weighted by Crippen LogP contribution is 2.24. The van der Waals surface area contributed by atoms with Crippen LogP contribution in [0.15, 0.2) is 29.2 Å². The number of nitrogens with zero attached hydrogens (tertiary/aromatic N) is 2. The van der Waals surface area contributed by atoms with Gasteiger partial charge in [0, 0.05) is 34.8 Å². The SMILES string of the molecule is CCc1nc(-c2ccc(SC)cc2)nc2c1CNC2. The fourth-order valence-electron chi connectivity index (χ4n) is 2.40. The van der Waals surface area contributed by atoms with Crippen LogP contribution in [0.2, 0.25) is 0 Å². The van der Waals surface area contributed by atoms with Gasteiger partial charge in [0.1, 0.15) is 0 Å². The van der Waals surface area contributed by atoms with Gasteiger partial charge >= 0.3 is 0 Å². The van der Waals surface area contributed by atoms with Crippen LogP contribution in [-0.2, 0) is 19.5 Å². The predicted octanol–water partition coefficient (Wildman–Crippen LogP) is 3.03. The minimum atomic E-state index is 0.854. The normalized spacial score (nSPS) is 13.6. The largest absolute Gasteiger partial charge is 0.307 e. The first-order valence-corrected chi connectivity index (χ1v) is 7.78. The van der Waals surface area contributed by atoms with Crippen molar-refractivity contribution in [1.29, 1.82) is 0 Å². The molecule has 0 saturated carbocycles. The number of benzene rings is 1. The van der Waals surface area contributed by atoms with Gasteiger partial charge in [-0.2, -0.15) is 0 Å². The van der Waals surface area contributed by atoms with Gasteiger partial charge in [-0.15, -0.1) is 11.8 Å². The zero-order valence-corrected chi connectivity index (χ0v) is 12.0. The molecule has 0 atom stereocenters. The summed E-state index contributed by atoms with van der Waals surface area (Å²) in [6.45, 7) is 3.92. The molecule has 98 valence electrons. The number of hydrogen-bond acceptors (Lipinski definition) is 4. The highest BCUT2D eigenvalue weighted by molar-refractivity contribution is 7.98. The van der Waals surface area contributed by atoms with Crippen LogP contribution < -0.4 is 5.32 Å². The summed E-state index contributed by atoms with van der Waals surface area (Å²) in [5.74, 6) is 0.854. The van der Waals surface area contributed by atoms with Crippen molar-refractivity contribution in [2.45, 2.75) is 31.3 Å². The number of rotatable bonds is 3. The van der Waals surface area contributed by atoms with E-state index in [1.54, 1.807) is 11.8 Å². The Labute approximate surface area is 117 Å². The Bertz CT molecular complexity index is 593. The van der Waals surface area contributed by atoms with E-state index in [1.807, 2.05) is 0 Å². The average molecular weight is 271 g/mol. The van der Waals surface area contributed by atoms with E-state index in [4.69, 9.17) is 9.97 Å². The second kappa shape index (κ2) is 5.31. The summed E-state index contributed by atoms with van der Waals surface area (Å²) in [6.07, 6.45) is 3.05. The highest BCUT2D eigenvalue weighted by atomic mass is 32.2. The third kappa shape index (κ3) is 2.38. The van der Waals surface area contributed by atoms with E-state index in [9.17, 15) is 0 Å². The summed E-state index contributed by atoms with van der Waals surface area (Å²) < 4.78 is 0. The smallest absolute Gasteiger partial charge is 0.159 e. The molecule has 2 aromatic rings. The van der Waals surface area contributed by atoms with Gasteiger partial charge in [-0.3, -0.25) is 0 Å². The van der Waals surface area contributed by atoms with Crippen molar-refractivity contribution in [3.05, 3.63) is 41.2 Å². The molecule has 0 aliphatic carbocycles. The van der Waals surface area contributed by atoms with Crippen LogP contribution in [0, 0.1) is 0 Å². The molecule has 0 spiro atoms. The van der Waals surface area contributed by atoms with Crippen molar-refractivity contribution in [3.63, 3.8) is 0 Å². The second-order valence-electron chi connectivity index (χ2n) is 4.60. The average Bonchev–Trinajstić information content (AvgIpc) is 2.94. The van der Waals surface area contributed by atoms with Gasteiger partial charge in [-0.25, -0.2) is 9.97 Å². The van der Waals surface area contributed by atoms with Crippen LogP contribution in [0.4, 0.5) is 0 Å². The summed E-state index contributed by atoms with van der Waals surface area (Å²) in [5, 5.41) is 3.35. The molecule has 1 N–H and O–H groups in total. The molecule has 0 unspecified atom stereocenters. The summed E-state index contributed by atoms with van der Waals surface area (Å²) >= 11 is 1.75. The van der Waals surface area contributed by atoms with Crippen molar-refractivity contribution in [2.75, 3.05) is 6.26 Å². The number of aryl methyl sites for hydroxylation is 1. The minimum Gasteiger partial charge on any atom is -0.307 e. The predicted molar refractivity (Wildman–Crippen MR) is 79.2 cm³/mol. The number of nitrogens with one attached hydrogen (secondary N) is 1. The van der Waals surface area contributed by atoms with Gasteiger partial charge in [-0.05, 0) is 24.8 Å². The van der Waals surface area contributed by atoms with Gasteiger partial charge < -0.3 is 5.32 Å². The quantitative estimate of drug-likeness (QED) is 0.871. The summed E-state index contributed by atoms with van der Waals surface area (Å²) in [4.78, 5) is 10.7. The van der Waals surface area contributed by atoms with E-state index in [1.165, 1.54) is 16.2 Å². The Hall–Kier alpha value is -1.39. The minimum absolute atomic E-state index is 0.854. The Kier molecular flexibility index (Phi) is 3.53. The molecule has 3 rings (SSSR count). The maximum atomic E-state index is 4.73. The van der Waals surface area contributed by atoms with Gasteiger partial charge in [0.05, 0.1) is 5.69 Å². The first-order valence-electron chi connectivity index (χ1n) is 6.55. The standard InChI is InChI=1S/C15H17N3S/c1-3-13-12-8-16-9-14(12)18-15(17-13)10-4-6-11(19-2)7-5-10/h4-7,16H,3,8-9H2,1-2H3. The molecule has 2 heterocycles. The Morgan fingerprint density at radius 1 is 1.16 bits per heavy atom. The number of hydrogen-bond donors (Lipinski definition) is 1. The van der Waals surface area contributed by atoms with E-state index < -0.39 is 0 Å². The van der Waals surface area contributed by atoms with Gasteiger partial charge in [0.2, 0.25) is 0 Å². The maximum absolute atomic E-state index is 4.73. The molecule has 0 amide bonds. The van der Waals surface area contributed by atoms with Crippen molar-refractivity contribution < 1.29 is 0 Å². The Balaban J connectivity index is 2.04. The number of thioether (sulfide) groups is 1. The molecule has 1 aromatic heterocycles. The molecular weight excluding hydrogens is 254 g/mol. The molecular formula is C15H17N3S. The molecule has 3 nitrogen and oxygen atoms in total. The molecule has 1 aromatic carbocycles. The lowest BCUT2D eigenvalue weighted by atomic mass is 10.1. The lowest BCUT2D eigenvalue weighted by Crippen LogP contribution is -2.02. The lowest BCUT2D eigenvalue weighted by Gasteiger charge is -2.08. The van der Waals surface area contributed by atoms with Crippen LogP contribution in [0.3, 0.4) is 0 Å². The summed E-state index contributed by atoms with van der Waals surface area (Å²) in [5.41, 5.74) is 4.74.